The van der Waals surface area contributed by atoms with E-state index in [0.717, 1.165) is 0 Å². The lowest BCUT2D eigenvalue weighted by Gasteiger charge is -2.38. The van der Waals surface area contributed by atoms with Gasteiger partial charge in [0.2, 0.25) is 0 Å². The lowest BCUT2D eigenvalue weighted by molar-refractivity contribution is -0.470. The lowest BCUT2D eigenvalue weighted by atomic mass is 10.1. The van der Waals surface area contributed by atoms with Crippen LogP contribution in [0.3, 0.4) is 0 Å². The van der Waals surface area contributed by atoms with Gasteiger partial charge in [-0.15, -0.1) is 0 Å². The summed E-state index contributed by atoms with van der Waals surface area (Å²) in [6.07, 6.45) is -12.5. The fourth-order valence-electron chi connectivity index (χ4n) is 0.859. The molecule has 10 heteroatoms. The third-order valence-corrected chi connectivity index (χ3v) is 1.71. The predicted molar refractivity (Wildman–Crippen MR) is 33.8 cm³/mol. The topological polar surface area (TPSA) is 18.5 Å². The molecule has 0 saturated carbocycles. The maximum Gasteiger partial charge on any atom is 0.455 e. The molecule has 16 heavy (non-hydrogen) atoms. The van der Waals surface area contributed by atoms with Crippen molar-refractivity contribution in [3.8, 4) is 0 Å². The highest BCUT2D eigenvalue weighted by atomic mass is 19.4. The monoisotopic (exact) mass is 262 g/mol. The number of hydrogen-bond acceptors (Lipinski definition) is 2. The van der Waals surface area contributed by atoms with Crippen molar-refractivity contribution in [1.82, 2.24) is 0 Å². The van der Waals surface area contributed by atoms with Gasteiger partial charge in [0.15, 0.2) is 0 Å². The van der Waals surface area contributed by atoms with E-state index in [0.29, 0.717) is 0 Å². The van der Waals surface area contributed by atoms with E-state index in [1.165, 1.54) is 0 Å². The minimum atomic E-state index is -6.26. The highest BCUT2D eigenvalue weighted by Crippen LogP contribution is 2.52. The first-order valence-electron chi connectivity index (χ1n) is 3.49. The molecule has 2 atom stereocenters. The molecular formula is C6H6F8O2. The Morgan fingerprint density at radius 3 is 0.812 bits per heavy atom. The number of alkyl halides is 8. The van der Waals surface area contributed by atoms with Crippen molar-refractivity contribution < 1.29 is 44.6 Å². The Morgan fingerprint density at radius 1 is 0.562 bits per heavy atom. The molecule has 0 bridgehead atoms. The molecule has 2 nitrogen and oxygen atoms in total. The Balaban J connectivity index is 5.70. The molecule has 0 aromatic rings. The van der Waals surface area contributed by atoms with E-state index < -0.39 is 24.1 Å². The standard InChI is InChI=1S/C6H6F8O2/c1-15-3(7,5(9,10)11)4(8,16-2)6(12,13)14/h1-2H3. The summed E-state index contributed by atoms with van der Waals surface area (Å²) in [6.45, 7) is 0. The fourth-order valence-corrected chi connectivity index (χ4v) is 0.859. The quantitative estimate of drug-likeness (QED) is 0.728. The first-order valence-corrected chi connectivity index (χ1v) is 3.49. The van der Waals surface area contributed by atoms with Gasteiger partial charge >= 0.3 is 24.1 Å². The van der Waals surface area contributed by atoms with Gasteiger partial charge < -0.3 is 9.47 Å². The molecule has 0 amide bonds. The second-order valence-electron chi connectivity index (χ2n) is 2.59. The van der Waals surface area contributed by atoms with Crippen LogP contribution in [0.1, 0.15) is 0 Å². The maximum atomic E-state index is 13.0. The van der Waals surface area contributed by atoms with Crippen molar-refractivity contribution in [2.75, 3.05) is 14.2 Å². The molecule has 0 saturated heterocycles. The van der Waals surface area contributed by atoms with Crippen LogP contribution in [-0.2, 0) is 9.47 Å². The summed E-state index contributed by atoms with van der Waals surface area (Å²) < 4.78 is 104. The van der Waals surface area contributed by atoms with Gasteiger partial charge in [0.25, 0.3) is 0 Å². The predicted octanol–water partition coefficient (Wildman–Crippen LogP) is 2.74. The minimum Gasteiger partial charge on any atom is -0.338 e. The summed E-state index contributed by atoms with van der Waals surface area (Å²) in [5, 5.41) is 0. The van der Waals surface area contributed by atoms with Crippen molar-refractivity contribution >= 4 is 0 Å². The summed E-state index contributed by atoms with van der Waals surface area (Å²) >= 11 is 0. The molecule has 0 radical (unpaired) electrons. The van der Waals surface area contributed by atoms with E-state index in [1.807, 2.05) is 0 Å². The smallest absolute Gasteiger partial charge is 0.338 e. The van der Waals surface area contributed by atoms with Crippen LogP contribution in [0, 0.1) is 0 Å². The van der Waals surface area contributed by atoms with Gasteiger partial charge in [0.1, 0.15) is 0 Å². The van der Waals surface area contributed by atoms with Gasteiger partial charge in [0, 0.05) is 14.2 Å². The van der Waals surface area contributed by atoms with Crippen molar-refractivity contribution in [2.24, 2.45) is 0 Å². The zero-order valence-corrected chi connectivity index (χ0v) is 7.84. The third kappa shape index (κ3) is 1.95. The third-order valence-electron chi connectivity index (χ3n) is 1.71. The molecule has 2 unspecified atom stereocenters. The van der Waals surface area contributed by atoms with Crippen LogP contribution in [0.15, 0.2) is 0 Å². The molecule has 0 aliphatic rings. The number of methoxy groups -OCH3 is 2. The Bertz CT molecular complexity index is 222. The van der Waals surface area contributed by atoms with Gasteiger partial charge in [-0.25, -0.2) is 0 Å². The highest BCUT2D eigenvalue weighted by molar-refractivity contribution is 4.97. The summed E-state index contributed by atoms with van der Waals surface area (Å²) in [6, 6.07) is 0. The number of rotatable bonds is 3. The van der Waals surface area contributed by atoms with E-state index >= 15 is 0 Å². The van der Waals surface area contributed by atoms with Crippen LogP contribution in [-0.4, -0.2) is 38.3 Å². The summed E-state index contributed by atoms with van der Waals surface area (Å²) in [5.41, 5.74) is 0. The van der Waals surface area contributed by atoms with E-state index in [1.54, 1.807) is 0 Å². The van der Waals surface area contributed by atoms with Crippen molar-refractivity contribution in [1.29, 1.82) is 0 Å². The molecule has 0 rings (SSSR count). The fraction of sp³-hybridized carbons (Fsp3) is 1.00. The summed E-state index contributed by atoms with van der Waals surface area (Å²) in [5.74, 6) is -11.3. The second kappa shape index (κ2) is 3.99. The Hall–Kier alpha value is -0.640. The molecule has 0 fully saturated rings. The van der Waals surface area contributed by atoms with Crippen LogP contribution in [0.25, 0.3) is 0 Å². The lowest BCUT2D eigenvalue weighted by Crippen LogP contribution is -2.66. The molecule has 0 heterocycles. The van der Waals surface area contributed by atoms with Gasteiger partial charge in [-0.3, -0.25) is 0 Å². The van der Waals surface area contributed by atoms with Gasteiger partial charge in [-0.2, -0.15) is 35.1 Å². The van der Waals surface area contributed by atoms with Crippen molar-refractivity contribution in [3.05, 3.63) is 0 Å². The first-order chi connectivity index (χ1) is 6.87. The Labute approximate surface area is 84.1 Å². The van der Waals surface area contributed by atoms with Gasteiger partial charge in [-0.1, -0.05) is 0 Å². The molecule has 98 valence electrons. The van der Waals surface area contributed by atoms with Crippen LogP contribution < -0.4 is 0 Å². The van der Waals surface area contributed by atoms with Crippen LogP contribution in [0.2, 0.25) is 0 Å². The number of halogens is 8. The molecular weight excluding hydrogens is 256 g/mol. The summed E-state index contributed by atoms with van der Waals surface area (Å²) in [7, 11) is -0.126. The zero-order valence-electron chi connectivity index (χ0n) is 7.84. The largest absolute Gasteiger partial charge is 0.455 e. The number of ether oxygens (including phenoxy) is 2. The first kappa shape index (κ1) is 15.4. The van der Waals surface area contributed by atoms with Crippen LogP contribution in [0.5, 0.6) is 0 Å². The van der Waals surface area contributed by atoms with Crippen LogP contribution >= 0.6 is 0 Å². The van der Waals surface area contributed by atoms with E-state index in [4.69, 9.17) is 0 Å². The zero-order chi connectivity index (χ0) is 13.4. The minimum absolute atomic E-state index is 0.0629. The van der Waals surface area contributed by atoms with Crippen LogP contribution in [0.4, 0.5) is 35.1 Å². The molecule has 0 aromatic carbocycles. The van der Waals surface area contributed by atoms with E-state index in [-0.39, 0.29) is 14.2 Å². The van der Waals surface area contributed by atoms with E-state index in [9.17, 15) is 35.1 Å². The normalized spacial score (nSPS) is 21.4. The average molecular weight is 262 g/mol. The maximum absolute atomic E-state index is 13.0. The van der Waals surface area contributed by atoms with Crippen molar-refractivity contribution in [3.63, 3.8) is 0 Å². The second-order valence-corrected chi connectivity index (χ2v) is 2.59. The van der Waals surface area contributed by atoms with Gasteiger partial charge in [0.05, 0.1) is 0 Å². The molecule has 0 spiro atoms. The summed E-state index contributed by atoms with van der Waals surface area (Å²) in [4.78, 5) is 0. The van der Waals surface area contributed by atoms with E-state index in [2.05, 4.69) is 9.47 Å². The molecule has 0 aliphatic heterocycles. The molecule has 0 aliphatic carbocycles. The Morgan fingerprint density at radius 2 is 0.750 bits per heavy atom. The molecule has 0 N–H and O–H groups in total. The highest BCUT2D eigenvalue weighted by Gasteiger charge is 2.82. The number of hydrogen-bond donors (Lipinski definition) is 0. The average Bonchev–Trinajstić information content (AvgIpc) is 2.11. The molecule has 0 aromatic heterocycles. The van der Waals surface area contributed by atoms with Crippen molar-refractivity contribution in [2.45, 2.75) is 24.1 Å². The SMILES string of the molecule is COC(F)(C(F)(F)F)C(F)(OC)C(F)(F)F. The van der Waals surface area contributed by atoms with Gasteiger partial charge in [-0.05, 0) is 0 Å². The Kier molecular flexibility index (Phi) is 3.83.